The molecule has 3 rings (SSSR count). The van der Waals surface area contributed by atoms with Crippen LogP contribution in [-0.4, -0.2) is 51.4 Å². The Morgan fingerprint density at radius 2 is 2.08 bits per heavy atom. The summed E-state index contributed by atoms with van der Waals surface area (Å²) in [6.07, 6.45) is 6.39. The molecule has 1 saturated heterocycles. The highest BCUT2D eigenvalue weighted by molar-refractivity contribution is 5.74. The summed E-state index contributed by atoms with van der Waals surface area (Å²) in [5, 5.41) is 10.6. The third-order valence-electron chi connectivity index (χ3n) is 4.99. The lowest BCUT2D eigenvalue weighted by Gasteiger charge is -2.25. The van der Waals surface area contributed by atoms with Gasteiger partial charge in [0, 0.05) is 25.6 Å². The fraction of sp³-hybridized carbons (Fsp3) is 0.824. The Labute approximate surface area is 144 Å². The molecule has 7 heteroatoms. The molecule has 0 spiro atoms. The zero-order chi connectivity index (χ0) is 16.9. The molecule has 2 aliphatic heterocycles. The van der Waals surface area contributed by atoms with Crippen LogP contribution in [-0.2, 0) is 13.0 Å². The summed E-state index contributed by atoms with van der Waals surface area (Å²) in [5.74, 6) is 1.76. The first-order valence-electron chi connectivity index (χ1n) is 9.38. The van der Waals surface area contributed by atoms with Crippen molar-refractivity contribution in [3.63, 3.8) is 0 Å². The van der Waals surface area contributed by atoms with Crippen LogP contribution in [0.3, 0.4) is 0 Å². The van der Waals surface area contributed by atoms with E-state index in [1.165, 1.54) is 25.9 Å². The van der Waals surface area contributed by atoms with Crippen LogP contribution in [0.15, 0.2) is 0 Å². The van der Waals surface area contributed by atoms with Crippen LogP contribution in [0.1, 0.15) is 63.6 Å². The van der Waals surface area contributed by atoms with Crippen molar-refractivity contribution in [2.75, 3.05) is 19.6 Å². The van der Waals surface area contributed by atoms with Crippen molar-refractivity contribution >= 4 is 6.03 Å². The molecule has 1 fully saturated rings. The fourth-order valence-electron chi connectivity index (χ4n) is 3.56. The smallest absolute Gasteiger partial charge is 0.315 e. The Morgan fingerprint density at radius 3 is 2.83 bits per heavy atom. The number of urea groups is 1. The lowest BCUT2D eigenvalue weighted by molar-refractivity contribution is 0.227. The Balaban J connectivity index is 1.47. The number of likely N-dealkylation sites (tertiary alicyclic amines) is 1. The molecule has 2 amide bonds. The van der Waals surface area contributed by atoms with Crippen molar-refractivity contribution in [1.29, 1.82) is 0 Å². The molecule has 2 aliphatic rings. The first-order chi connectivity index (χ1) is 11.7. The Morgan fingerprint density at radius 1 is 1.29 bits per heavy atom. The van der Waals surface area contributed by atoms with Gasteiger partial charge in [0.1, 0.15) is 5.82 Å². The average molecular weight is 334 g/mol. The largest absolute Gasteiger partial charge is 0.336 e. The molecule has 0 bridgehead atoms. The van der Waals surface area contributed by atoms with Crippen LogP contribution in [0, 0.1) is 0 Å². The summed E-state index contributed by atoms with van der Waals surface area (Å²) < 4.78 is 1.95. The number of aromatic nitrogens is 3. The Kier molecular flexibility index (Phi) is 5.71. The van der Waals surface area contributed by atoms with Gasteiger partial charge < -0.3 is 15.5 Å². The molecule has 0 radical (unpaired) electrons. The van der Waals surface area contributed by atoms with Crippen molar-refractivity contribution in [2.24, 2.45) is 0 Å². The number of nitrogens with one attached hydrogen (secondary N) is 2. The second-order valence-electron chi connectivity index (χ2n) is 7.01. The summed E-state index contributed by atoms with van der Waals surface area (Å²) in [4.78, 5) is 19.4. The number of fused-ring (bicyclic) bond motifs is 1. The average Bonchev–Trinajstić information content (AvgIpc) is 3.22. The van der Waals surface area contributed by atoms with Gasteiger partial charge in [0.2, 0.25) is 0 Å². The minimum absolute atomic E-state index is 0.0302. The molecule has 1 aromatic heterocycles. The van der Waals surface area contributed by atoms with Gasteiger partial charge >= 0.3 is 6.03 Å². The molecular formula is C17H30N6O. The normalized spacial score (nSPS) is 22.2. The van der Waals surface area contributed by atoms with Gasteiger partial charge in [-0.2, -0.15) is 5.10 Å². The molecule has 3 heterocycles. The summed E-state index contributed by atoms with van der Waals surface area (Å²) in [6.45, 7) is 8.51. The maximum atomic E-state index is 12.3. The molecular weight excluding hydrogens is 304 g/mol. The first kappa shape index (κ1) is 17.2. The second kappa shape index (κ2) is 7.96. The van der Waals surface area contributed by atoms with Crippen molar-refractivity contribution in [1.82, 2.24) is 30.3 Å². The maximum absolute atomic E-state index is 12.3. The van der Waals surface area contributed by atoms with E-state index >= 15 is 0 Å². The van der Waals surface area contributed by atoms with Crippen molar-refractivity contribution < 1.29 is 4.79 Å². The van der Waals surface area contributed by atoms with Crippen LogP contribution in [0.4, 0.5) is 4.79 Å². The zero-order valence-corrected chi connectivity index (χ0v) is 14.9. The molecule has 1 aromatic rings. The molecule has 2 N–H and O–H groups in total. The van der Waals surface area contributed by atoms with Crippen molar-refractivity contribution in [2.45, 2.75) is 71.0 Å². The van der Waals surface area contributed by atoms with Gasteiger partial charge in [-0.15, -0.1) is 0 Å². The number of carbonyl (C=O) groups excluding carboxylic acids is 1. The predicted molar refractivity (Wildman–Crippen MR) is 92.8 cm³/mol. The SMILES string of the molecule is CCc1nc2n(n1)CCC[C@H]2NC(=O)N[C@@H](C)CCN1CCCC1. The minimum atomic E-state index is -0.0941. The fourth-order valence-corrected chi connectivity index (χ4v) is 3.56. The van der Waals surface area contributed by atoms with E-state index in [-0.39, 0.29) is 18.1 Å². The van der Waals surface area contributed by atoms with E-state index in [1.54, 1.807) is 0 Å². The number of hydrogen-bond acceptors (Lipinski definition) is 4. The third kappa shape index (κ3) is 4.26. The van der Waals surface area contributed by atoms with Crippen LogP contribution in [0.25, 0.3) is 0 Å². The van der Waals surface area contributed by atoms with Crippen LogP contribution in [0.2, 0.25) is 0 Å². The highest BCUT2D eigenvalue weighted by Crippen LogP contribution is 2.23. The van der Waals surface area contributed by atoms with E-state index in [9.17, 15) is 4.79 Å². The van der Waals surface area contributed by atoms with Gasteiger partial charge in [-0.05, 0) is 52.1 Å². The van der Waals surface area contributed by atoms with E-state index in [2.05, 4.69) is 39.5 Å². The van der Waals surface area contributed by atoms with E-state index < -0.39 is 0 Å². The molecule has 2 atom stereocenters. The van der Waals surface area contributed by atoms with E-state index in [0.717, 1.165) is 50.4 Å². The van der Waals surface area contributed by atoms with E-state index in [4.69, 9.17) is 0 Å². The van der Waals surface area contributed by atoms with Crippen molar-refractivity contribution in [3.8, 4) is 0 Å². The lowest BCUT2D eigenvalue weighted by atomic mass is 10.1. The quantitative estimate of drug-likeness (QED) is 0.832. The van der Waals surface area contributed by atoms with Gasteiger partial charge in [-0.1, -0.05) is 6.92 Å². The monoisotopic (exact) mass is 334 g/mol. The first-order valence-corrected chi connectivity index (χ1v) is 9.38. The molecule has 24 heavy (non-hydrogen) atoms. The predicted octanol–water partition coefficient (Wildman–Crippen LogP) is 1.85. The van der Waals surface area contributed by atoms with Gasteiger partial charge in [0.05, 0.1) is 6.04 Å². The van der Waals surface area contributed by atoms with Crippen LogP contribution in [0.5, 0.6) is 0 Å². The lowest BCUT2D eigenvalue weighted by Crippen LogP contribution is -2.44. The summed E-state index contributed by atoms with van der Waals surface area (Å²) in [5.41, 5.74) is 0. The molecule has 7 nitrogen and oxygen atoms in total. The molecule has 134 valence electrons. The van der Waals surface area contributed by atoms with Gasteiger partial charge in [-0.25, -0.2) is 14.5 Å². The van der Waals surface area contributed by atoms with Gasteiger partial charge in [0.15, 0.2) is 5.82 Å². The number of nitrogens with zero attached hydrogens (tertiary/aromatic N) is 4. The van der Waals surface area contributed by atoms with Gasteiger partial charge in [0.25, 0.3) is 0 Å². The van der Waals surface area contributed by atoms with Crippen LogP contribution < -0.4 is 10.6 Å². The Bertz CT molecular complexity index is 551. The van der Waals surface area contributed by atoms with E-state index in [1.807, 2.05) is 4.68 Å². The molecule has 0 aliphatic carbocycles. The molecule has 0 unspecified atom stereocenters. The zero-order valence-electron chi connectivity index (χ0n) is 14.9. The Hall–Kier alpha value is -1.63. The summed E-state index contributed by atoms with van der Waals surface area (Å²) >= 11 is 0. The number of amides is 2. The minimum Gasteiger partial charge on any atom is -0.336 e. The number of hydrogen-bond donors (Lipinski definition) is 2. The number of rotatable bonds is 6. The topological polar surface area (TPSA) is 75.1 Å². The highest BCUT2D eigenvalue weighted by Gasteiger charge is 2.25. The van der Waals surface area contributed by atoms with Crippen LogP contribution >= 0.6 is 0 Å². The summed E-state index contributed by atoms with van der Waals surface area (Å²) in [6, 6.07) is 0.0546. The van der Waals surface area contributed by atoms with E-state index in [0.29, 0.717) is 0 Å². The standard InChI is InChI=1S/C17H30N6O/c1-3-15-20-16-14(7-6-11-23(16)21-15)19-17(24)18-13(2)8-12-22-9-4-5-10-22/h13-14H,3-12H2,1-2H3,(H2,18,19,24)/t13-,14+/m0/s1. The second-order valence-corrected chi connectivity index (χ2v) is 7.01. The molecule has 0 aromatic carbocycles. The maximum Gasteiger partial charge on any atom is 0.315 e. The summed E-state index contributed by atoms with van der Waals surface area (Å²) in [7, 11) is 0. The molecule has 0 saturated carbocycles. The van der Waals surface area contributed by atoms with Crippen molar-refractivity contribution in [3.05, 3.63) is 11.6 Å². The third-order valence-corrected chi connectivity index (χ3v) is 4.99. The number of aryl methyl sites for hydroxylation is 2. The number of carbonyl (C=O) groups is 1. The van der Waals surface area contributed by atoms with Gasteiger partial charge in [-0.3, -0.25) is 0 Å². The highest BCUT2D eigenvalue weighted by atomic mass is 16.2.